The van der Waals surface area contributed by atoms with Gasteiger partial charge < -0.3 is 5.32 Å². The van der Waals surface area contributed by atoms with Crippen LogP contribution in [0.1, 0.15) is 38.8 Å². The van der Waals surface area contributed by atoms with Gasteiger partial charge in [-0.3, -0.25) is 4.98 Å². The molecule has 0 spiro atoms. The highest BCUT2D eigenvalue weighted by molar-refractivity contribution is 7.99. The molecule has 1 atom stereocenters. The number of pyridine rings is 1. The van der Waals surface area contributed by atoms with Crippen molar-refractivity contribution < 1.29 is 0 Å². The molecule has 2 rings (SSSR count). The molecule has 2 nitrogen and oxygen atoms in total. The molecule has 0 radical (unpaired) electrons. The summed E-state index contributed by atoms with van der Waals surface area (Å²) in [5, 5.41) is 6.26. The molecule has 0 aliphatic carbocycles. The number of aromatic nitrogens is 1. The van der Waals surface area contributed by atoms with Crippen LogP contribution in [-0.2, 0) is 0 Å². The van der Waals surface area contributed by atoms with E-state index in [1.165, 1.54) is 22.1 Å². The Kier molecular flexibility index (Phi) is 6.52. The maximum Gasteiger partial charge on any atom is 0.0418 e. The Morgan fingerprint density at radius 1 is 1.19 bits per heavy atom. The summed E-state index contributed by atoms with van der Waals surface area (Å²) in [5.74, 6) is 3.09. The molecule has 0 bridgehead atoms. The van der Waals surface area contributed by atoms with Crippen LogP contribution in [0.5, 0.6) is 0 Å². The summed E-state index contributed by atoms with van der Waals surface area (Å²) in [7, 11) is 0. The predicted molar refractivity (Wildman–Crippen MR) is 94.9 cm³/mol. The highest BCUT2D eigenvalue weighted by Crippen LogP contribution is 2.26. The Morgan fingerprint density at radius 2 is 2.05 bits per heavy atom. The molecule has 1 aromatic carbocycles. The van der Waals surface area contributed by atoms with Crippen molar-refractivity contribution in [3.63, 3.8) is 0 Å². The average molecular weight is 302 g/mol. The van der Waals surface area contributed by atoms with Crippen LogP contribution >= 0.6 is 11.8 Å². The molecule has 3 heteroatoms. The van der Waals surface area contributed by atoms with Gasteiger partial charge in [0.25, 0.3) is 0 Å². The summed E-state index contributed by atoms with van der Waals surface area (Å²) in [6.45, 7) is 7.85. The van der Waals surface area contributed by atoms with Crippen LogP contribution in [0.4, 0.5) is 0 Å². The third-order valence-corrected chi connectivity index (χ3v) is 4.94. The fourth-order valence-electron chi connectivity index (χ4n) is 2.45. The summed E-state index contributed by atoms with van der Waals surface area (Å²) >= 11 is 2.05. The Balaban J connectivity index is 2.20. The fourth-order valence-corrected chi connectivity index (χ4v) is 3.59. The fraction of sp³-hybridized carbons (Fsp3) is 0.500. The van der Waals surface area contributed by atoms with Gasteiger partial charge in [0.2, 0.25) is 0 Å². The minimum atomic E-state index is 0.416. The van der Waals surface area contributed by atoms with E-state index < -0.39 is 0 Å². The monoisotopic (exact) mass is 302 g/mol. The number of hydrogen-bond acceptors (Lipinski definition) is 3. The normalized spacial score (nSPS) is 13.0. The molecule has 1 unspecified atom stereocenters. The lowest BCUT2D eigenvalue weighted by Crippen LogP contribution is -2.24. The zero-order chi connectivity index (χ0) is 15.1. The summed E-state index contributed by atoms with van der Waals surface area (Å²) in [6.07, 6.45) is 5.01. The highest BCUT2D eigenvalue weighted by Gasteiger charge is 2.14. The lowest BCUT2D eigenvalue weighted by molar-refractivity contribution is 0.580. The number of nitrogens with zero attached hydrogens (tertiary/aromatic N) is 1. The second kappa shape index (κ2) is 8.40. The molecule has 0 saturated heterocycles. The van der Waals surface area contributed by atoms with Crippen LogP contribution in [0.15, 0.2) is 36.7 Å². The first-order valence-corrected chi connectivity index (χ1v) is 9.01. The summed E-state index contributed by atoms with van der Waals surface area (Å²) < 4.78 is 0. The van der Waals surface area contributed by atoms with Gasteiger partial charge in [0, 0.05) is 29.6 Å². The van der Waals surface area contributed by atoms with Crippen molar-refractivity contribution in [2.45, 2.75) is 33.2 Å². The highest BCUT2D eigenvalue weighted by atomic mass is 32.2. The standard InChI is InChI=1S/C18H26N2S/c1-4-9-20-18(13-21-12-14(2)3)17-7-5-6-15-11-19-10-8-16(15)17/h5-8,10-11,14,18,20H,4,9,12-13H2,1-3H3. The van der Waals surface area contributed by atoms with Gasteiger partial charge in [-0.2, -0.15) is 11.8 Å². The number of thioether (sulfide) groups is 1. The molecule has 1 N–H and O–H groups in total. The maximum absolute atomic E-state index is 4.24. The first-order chi connectivity index (χ1) is 10.2. The van der Waals surface area contributed by atoms with E-state index in [4.69, 9.17) is 0 Å². The van der Waals surface area contributed by atoms with E-state index in [1.807, 2.05) is 24.2 Å². The van der Waals surface area contributed by atoms with Crippen LogP contribution in [0.2, 0.25) is 0 Å². The van der Waals surface area contributed by atoms with Crippen molar-refractivity contribution >= 4 is 22.5 Å². The molecule has 0 aliphatic rings. The van der Waals surface area contributed by atoms with Crippen LogP contribution in [0.3, 0.4) is 0 Å². The van der Waals surface area contributed by atoms with Gasteiger partial charge in [-0.1, -0.05) is 39.0 Å². The summed E-state index contributed by atoms with van der Waals surface area (Å²) in [4.78, 5) is 4.24. The largest absolute Gasteiger partial charge is 0.309 e. The van der Waals surface area contributed by atoms with E-state index in [-0.39, 0.29) is 0 Å². The molecule has 21 heavy (non-hydrogen) atoms. The Bertz CT molecular complexity index is 548. The number of hydrogen-bond donors (Lipinski definition) is 1. The quantitative estimate of drug-likeness (QED) is 0.767. The summed E-state index contributed by atoms with van der Waals surface area (Å²) in [6, 6.07) is 9.10. The van der Waals surface area contributed by atoms with E-state index in [1.54, 1.807) is 0 Å². The molecular formula is C18H26N2S. The third-order valence-electron chi connectivity index (χ3n) is 3.47. The van der Waals surface area contributed by atoms with Crippen LogP contribution in [-0.4, -0.2) is 23.0 Å². The maximum atomic E-state index is 4.24. The van der Waals surface area contributed by atoms with Crippen molar-refractivity contribution in [2.24, 2.45) is 5.92 Å². The Hall–Kier alpha value is -1.06. The Morgan fingerprint density at radius 3 is 2.81 bits per heavy atom. The summed E-state index contributed by atoms with van der Waals surface area (Å²) in [5.41, 5.74) is 1.40. The molecule has 0 amide bonds. The van der Waals surface area contributed by atoms with Crippen molar-refractivity contribution in [1.29, 1.82) is 0 Å². The molecule has 0 saturated carbocycles. The second-order valence-corrected chi connectivity index (χ2v) is 6.96. The SMILES string of the molecule is CCCNC(CSCC(C)C)c1cccc2cnccc12. The number of fused-ring (bicyclic) bond motifs is 1. The lowest BCUT2D eigenvalue weighted by atomic mass is 10.0. The van der Waals surface area contributed by atoms with Gasteiger partial charge in [0.1, 0.15) is 0 Å². The van der Waals surface area contributed by atoms with E-state index >= 15 is 0 Å². The van der Waals surface area contributed by atoms with Gasteiger partial charge in [0.15, 0.2) is 0 Å². The van der Waals surface area contributed by atoms with E-state index in [2.05, 4.69) is 55.3 Å². The smallest absolute Gasteiger partial charge is 0.0418 e. The van der Waals surface area contributed by atoms with Gasteiger partial charge in [-0.05, 0) is 41.7 Å². The molecule has 0 aliphatic heterocycles. The minimum Gasteiger partial charge on any atom is -0.309 e. The first kappa shape index (κ1) is 16.3. The average Bonchev–Trinajstić information content (AvgIpc) is 2.50. The van der Waals surface area contributed by atoms with Crippen LogP contribution < -0.4 is 5.32 Å². The molecule has 0 fully saturated rings. The van der Waals surface area contributed by atoms with Gasteiger partial charge in [-0.25, -0.2) is 0 Å². The van der Waals surface area contributed by atoms with Gasteiger partial charge in [0.05, 0.1) is 0 Å². The van der Waals surface area contributed by atoms with Crippen LogP contribution in [0.25, 0.3) is 10.8 Å². The zero-order valence-corrected chi connectivity index (χ0v) is 14.1. The first-order valence-electron chi connectivity index (χ1n) is 7.86. The van der Waals surface area contributed by atoms with Crippen LogP contribution in [0, 0.1) is 5.92 Å². The lowest BCUT2D eigenvalue weighted by Gasteiger charge is -2.21. The minimum absolute atomic E-state index is 0.416. The number of nitrogens with one attached hydrogen (secondary N) is 1. The molecule has 114 valence electrons. The number of rotatable bonds is 8. The molecule has 2 aromatic rings. The molecule has 1 heterocycles. The van der Waals surface area contributed by atoms with E-state index in [0.717, 1.165) is 24.6 Å². The van der Waals surface area contributed by atoms with E-state index in [0.29, 0.717) is 6.04 Å². The topological polar surface area (TPSA) is 24.9 Å². The molecular weight excluding hydrogens is 276 g/mol. The second-order valence-electron chi connectivity index (χ2n) is 5.88. The van der Waals surface area contributed by atoms with Crippen molar-refractivity contribution in [1.82, 2.24) is 10.3 Å². The van der Waals surface area contributed by atoms with Crippen molar-refractivity contribution in [3.8, 4) is 0 Å². The third kappa shape index (κ3) is 4.72. The van der Waals surface area contributed by atoms with Crippen molar-refractivity contribution in [2.75, 3.05) is 18.1 Å². The predicted octanol–water partition coefficient (Wildman–Crippen LogP) is 4.66. The zero-order valence-electron chi connectivity index (χ0n) is 13.3. The van der Waals surface area contributed by atoms with Gasteiger partial charge >= 0.3 is 0 Å². The molecule has 1 aromatic heterocycles. The Labute approximate surface area is 132 Å². The van der Waals surface area contributed by atoms with Crippen molar-refractivity contribution in [3.05, 3.63) is 42.2 Å². The van der Waals surface area contributed by atoms with Gasteiger partial charge in [-0.15, -0.1) is 0 Å². The van der Waals surface area contributed by atoms with E-state index in [9.17, 15) is 0 Å². The number of benzene rings is 1.